The van der Waals surface area contributed by atoms with E-state index in [1.54, 1.807) is 11.1 Å². The van der Waals surface area contributed by atoms with Gasteiger partial charge in [-0.15, -0.1) is 0 Å². The first-order valence-electron chi connectivity index (χ1n) is 45.6. The summed E-state index contributed by atoms with van der Waals surface area (Å²) in [6.45, 7) is 45.0. The number of fused-ring (bicyclic) bond motifs is 7. The Morgan fingerprint density at radius 3 is 0.744 bits per heavy atom. The second kappa shape index (κ2) is 35.6. The molecule has 1 aliphatic rings. The van der Waals surface area contributed by atoms with E-state index in [1.807, 2.05) is 0 Å². The van der Waals surface area contributed by atoms with Crippen molar-refractivity contribution in [3.63, 3.8) is 0 Å². The Kier molecular flexibility index (Phi) is 25.0. The zero-order valence-electron chi connectivity index (χ0n) is 76.5. The Bertz CT molecular complexity index is 5890. The molecule has 18 rings (SSSR count). The molecular formula is C119H130N2. The van der Waals surface area contributed by atoms with E-state index in [0.29, 0.717) is 0 Å². The van der Waals surface area contributed by atoms with E-state index in [9.17, 15) is 0 Å². The van der Waals surface area contributed by atoms with Crippen LogP contribution in [0.3, 0.4) is 0 Å². The molecule has 0 unspecified atom stereocenters. The van der Waals surface area contributed by atoms with Crippen LogP contribution in [0.4, 0.5) is 34.1 Å². The molecule has 0 saturated carbocycles. The molecule has 0 N–H and O–H groups in total. The average Bonchev–Trinajstić information content (AvgIpc) is 1.70. The van der Waals surface area contributed by atoms with E-state index < -0.39 is 0 Å². The lowest BCUT2D eigenvalue weighted by molar-refractivity contribution is 0.397. The second-order valence-electron chi connectivity index (χ2n) is 38.1. The van der Waals surface area contributed by atoms with Crippen LogP contribution in [0.1, 0.15) is 234 Å². The predicted molar refractivity (Wildman–Crippen MR) is 534 cm³/mol. The van der Waals surface area contributed by atoms with E-state index in [2.05, 4.69) is 403 Å². The van der Waals surface area contributed by atoms with Gasteiger partial charge in [-0.3, -0.25) is 0 Å². The third kappa shape index (κ3) is 17.0. The number of unbranched alkanes of at least 4 members (excludes halogenated alkanes) is 10. The summed E-state index contributed by atoms with van der Waals surface area (Å²) in [5.74, 6) is 0. The standard InChI is InChI=1S/C44H52N2.C31H46.2C22H16/c1-29-13-17-37(18-14-29)45(41-31(3)25-35(26-32(41)4)43(7,8)9)39-21-23-40(24-22-39)46(38-19-15-30(2)16-20-38)42-33(5)27-36(28-34(42)6)44(10,11)12;1-5-7-9-11-13-15-21-31(22-16-14-12-10-8-6-2)29-23-25(3)17-19-27(29)28-20-18-26(4)24-30(28)31;1-13-9-11-19-18-8-4-6-16-14(2)10-12-20(22(16)18)17-7-3-5-15(13)21(17)19;1-13-9-11-19-20-12-10-14(2)16-6-4-8-18(22(16)20)17-7-3-5-15(13)21(17)19/h13-28H,1-12H3;17-20,23-24H,5-16,21-22H2,1-4H3;2*3-12H,1-2H3. The lowest BCUT2D eigenvalue weighted by atomic mass is 9.70. The molecular weight excluding hydrogens is 1460 g/mol. The lowest BCUT2D eigenvalue weighted by Crippen LogP contribution is -2.25. The fraction of sp³-hybridized carbons (Fsp3) is 0.311. The van der Waals surface area contributed by atoms with E-state index in [4.69, 9.17) is 0 Å². The Morgan fingerprint density at radius 1 is 0.231 bits per heavy atom. The van der Waals surface area contributed by atoms with Crippen LogP contribution in [-0.2, 0) is 16.2 Å². The summed E-state index contributed by atoms with van der Waals surface area (Å²) < 4.78 is 0. The largest absolute Gasteiger partial charge is 0.310 e. The van der Waals surface area contributed by atoms with Crippen LogP contribution < -0.4 is 9.80 Å². The Morgan fingerprint density at radius 2 is 0.471 bits per heavy atom. The van der Waals surface area contributed by atoms with Gasteiger partial charge in [0.25, 0.3) is 0 Å². The van der Waals surface area contributed by atoms with E-state index in [1.165, 1.54) is 276 Å². The number of benzene rings is 17. The van der Waals surface area contributed by atoms with Crippen molar-refractivity contribution >= 4 is 120 Å². The molecule has 0 bridgehead atoms. The summed E-state index contributed by atoms with van der Waals surface area (Å²) in [5, 5.41) is 22.1. The molecule has 0 aliphatic heterocycles. The van der Waals surface area contributed by atoms with Crippen molar-refractivity contribution in [3.8, 4) is 11.1 Å². The third-order valence-corrected chi connectivity index (χ3v) is 26.9. The fourth-order valence-corrected chi connectivity index (χ4v) is 20.2. The van der Waals surface area contributed by atoms with Crippen molar-refractivity contribution in [3.05, 3.63) is 344 Å². The van der Waals surface area contributed by atoms with Gasteiger partial charge in [-0.2, -0.15) is 0 Å². The van der Waals surface area contributed by atoms with Crippen LogP contribution in [-0.4, -0.2) is 0 Å². The van der Waals surface area contributed by atoms with E-state index in [-0.39, 0.29) is 16.2 Å². The highest BCUT2D eigenvalue weighted by molar-refractivity contribution is 6.35. The number of nitrogens with zero attached hydrogens (tertiary/aromatic N) is 2. The van der Waals surface area contributed by atoms with Crippen LogP contribution in [0.2, 0.25) is 0 Å². The Hall–Kier alpha value is -11.1. The maximum Gasteiger partial charge on any atom is 0.0520 e. The van der Waals surface area contributed by atoms with Gasteiger partial charge in [-0.25, -0.2) is 0 Å². The molecule has 0 heterocycles. The monoisotopic (exact) mass is 1590 g/mol. The van der Waals surface area contributed by atoms with Gasteiger partial charge in [0.1, 0.15) is 0 Å². The maximum atomic E-state index is 2.53. The molecule has 0 aromatic heterocycles. The number of hydrogen-bond donors (Lipinski definition) is 0. The van der Waals surface area contributed by atoms with Crippen LogP contribution in [0.25, 0.3) is 97.3 Å². The molecule has 1 aliphatic carbocycles. The van der Waals surface area contributed by atoms with Gasteiger partial charge in [-0.05, 0) is 319 Å². The number of rotatable bonds is 20. The van der Waals surface area contributed by atoms with Gasteiger partial charge in [0.2, 0.25) is 0 Å². The molecule has 0 spiro atoms. The molecule has 121 heavy (non-hydrogen) atoms. The first-order chi connectivity index (χ1) is 58.2. The molecule has 0 atom stereocenters. The summed E-state index contributed by atoms with van der Waals surface area (Å²) in [4.78, 5) is 4.84. The molecule has 0 amide bonds. The Balaban J connectivity index is 0.000000132. The van der Waals surface area contributed by atoms with Crippen molar-refractivity contribution in [2.24, 2.45) is 0 Å². The van der Waals surface area contributed by atoms with Crippen molar-refractivity contribution in [2.45, 2.75) is 245 Å². The van der Waals surface area contributed by atoms with Gasteiger partial charge < -0.3 is 9.80 Å². The molecule has 17 aromatic carbocycles. The summed E-state index contributed by atoms with van der Waals surface area (Å²) in [6, 6.07) is 95.8. The number of anilines is 6. The van der Waals surface area contributed by atoms with Gasteiger partial charge in [0.15, 0.2) is 0 Å². The minimum atomic E-state index is 0.0885. The normalized spacial score (nSPS) is 12.5. The molecule has 2 heteroatoms. The van der Waals surface area contributed by atoms with E-state index in [0.717, 1.165) is 22.7 Å². The maximum absolute atomic E-state index is 2.53. The Labute approximate surface area is 724 Å². The van der Waals surface area contributed by atoms with Gasteiger partial charge in [0.05, 0.1) is 11.4 Å². The SMILES string of the molecule is CCCCCCCCC1(CCCCCCCC)c2cc(C)ccc2-c2ccc(C)cc21.Cc1ccc(N(c2ccc(N(c3ccc(C)cc3)c3c(C)cc(C(C)(C)C)cc3C)cc2)c2c(C)cc(C(C)(C)C)cc2C)cc1.Cc1ccc2c3ccc(C)c4cccc(c5cccc1c52)c43.Cc1ccc2c3cccc4c(C)ccc(c5cccc1c52)c43. The van der Waals surface area contributed by atoms with Crippen molar-refractivity contribution in [1.29, 1.82) is 0 Å². The molecule has 616 valence electrons. The number of aryl methyl sites for hydroxylation is 12. The predicted octanol–water partition coefficient (Wildman–Crippen LogP) is 35.9. The quantitative estimate of drug-likeness (QED) is 0.0426. The summed E-state index contributed by atoms with van der Waals surface area (Å²) in [7, 11) is 0. The third-order valence-electron chi connectivity index (χ3n) is 26.9. The average molecular weight is 1590 g/mol. The number of hydrogen-bond acceptors (Lipinski definition) is 2. The minimum Gasteiger partial charge on any atom is -0.310 e. The van der Waals surface area contributed by atoms with Crippen LogP contribution in [0, 0.1) is 83.1 Å². The lowest BCUT2D eigenvalue weighted by Gasteiger charge is -2.33. The zero-order chi connectivity index (χ0) is 85.3. The van der Waals surface area contributed by atoms with Crippen molar-refractivity contribution in [1.82, 2.24) is 0 Å². The molecule has 2 nitrogen and oxygen atoms in total. The summed E-state index contributed by atoms with van der Waals surface area (Å²) >= 11 is 0. The summed E-state index contributed by atoms with van der Waals surface area (Å²) in [6.07, 6.45) is 19.2. The van der Waals surface area contributed by atoms with Crippen molar-refractivity contribution < 1.29 is 0 Å². The first-order valence-corrected chi connectivity index (χ1v) is 45.6. The summed E-state index contributed by atoms with van der Waals surface area (Å²) in [5.41, 5.74) is 32.4. The van der Waals surface area contributed by atoms with Crippen molar-refractivity contribution in [2.75, 3.05) is 9.80 Å². The molecule has 17 aromatic rings. The van der Waals surface area contributed by atoms with Crippen LogP contribution in [0.15, 0.2) is 255 Å². The van der Waals surface area contributed by atoms with Crippen LogP contribution >= 0.6 is 0 Å². The highest BCUT2D eigenvalue weighted by Crippen LogP contribution is 2.56. The van der Waals surface area contributed by atoms with Gasteiger partial charge in [0, 0.05) is 28.2 Å². The molecule has 0 radical (unpaired) electrons. The highest BCUT2D eigenvalue weighted by Gasteiger charge is 2.42. The molecule has 0 saturated heterocycles. The second-order valence-corrected chi connectivity index (χ2v) is 38.1. The van der Waals surface area contributed by atoms with Crippen LogP contribution in [0.5, 0.6) is 0 Å². The highest BCUT2D eigenvalue weighted by atomic mass is 15.2. The smallest absolute Gasteiger partial charge is 0.0520 e. The fourth-order valence-electron chi connectivity index (χ4n) is 20.2. The van der Waals surface area contributed by atoms with Gasteiger partial charge >= 0.3 is 0 Å². The van der Waals surface area contributed by atoms with E-state index >= 15 is 0 Å². The topological polar surface area (TPSA) is 6.48 Å². The minimum absolute atomic E-state index is 0.0885. The van der Waals surface area contributed by atoms with Gasteiger partial charge in [-0.1, -0.05) is 361 Å². The molecule has 0 fully saturated rings. The zero-order valence-corrected chi connectivity index (χ0v) is 76.5. The first kappa shape index (κ1) is 84.9.